The summed E-state index contributed by atoms with van der Waals surface area (Å²) in [6.45, 7) is -0.291. The summed E-state index contributed by atoms with van der Waals surface area (Å²) in [5.41, 5.74) is 0.262. The molecule has 1 saturated heterocycles. The van der Waals surface area contributed by atoms with Crippen LogP contribution in [0.3, 0.4) is 0 Å². The van der Waals surface area contributed by atoms with Gasteiger partial charge in [0.05, 0.1) is 5.02 Å². The van der Waals surface area contributed by atoms with Crippen LogP contribution >= 0.6 is 11.6 Å². The molecule has 0 aromatic heterocycles. The maximum atomic E-state index is 14.6. The number of nitrogens with one attached hydrogen (secondary N) is 2. The Hall–Kier alpha value is -3.74. The van der Waals surface area contributed by atoms with Gasteiger partial charge in [0.2, 0.25) is 11.8 Å². The standard InChI is InChI=1S/C23H17ClF5N3O5/c24-15-8-13(2-5-17(15)37-23(27,28)29)22(25,26)21(36)30-9-11-1-3-14-12(7-11)10-32(20(14)35)16-4-6-18(33)31-19(16)34/h1-3,5,7-8,16H,4,6,9-10H2,(H,30,36)(H,31,33,34). The number of hydrogen-bond donors (Lipinski definition) is 2. The molecule has 0 radical (unpaired) electrons. The molecular weight excluding hydrogens is 529 g/mol. The molecule has 8 nitrogen and oxygen atoms in total. The van der Waals surface area contributed by atoms with Gasteiger partial charge in [0, 0.05) is 30.6 Å². The van der Waals surface area contributed by atoms with Crippen molar-refractivity contribution in [3.05, 3.63) is 63.7 Å². The fraction of sp³-hybridized carbons (Fsp3) is 0.304. The van der Waals surface area contributed by atoms with Crippen molar-refractivity contribution in [2.24, 2.45) is 0 Å². The average molecular weight is 546 g/mol. The molecule has 0 aliphatic carbocycles. The van der Waals surface area contributed by atoms with E-state index >= 15 is 0 Å². The number of amides is 4. The predicted octanol–water partition coefficient (Wildman–Crippen LogP) is 3.41. The Morgan fingerprint density at radius 3 is 2.49 bits per heavy atom. The highest BCUT2D eigenvalue weighted by Crippen LogP contribution is 2.36. The van der Waals surface area contributed by atoms with E-state index in [1.807, 2.05) is 0 Å². The van der Waals surface area contributed by atoms with Crippen LogP contribution in [0, 0.1) is 0 Å². The SMILES string of the molecule is O=C1CCC(N2Cc3cc(CNC(=O)C(F)(F)c4ccc(OC(F)(F)F)c(Cl)c4)ccc3C2=O)C(=O)N1. The highest BCUT2D eigenvalue weighted by molar-refractivity contribution is 6.32. The van der Waals surface area contributed by atoms with Crippen molar-refractivity contribution in [2.75, 3.05) is 0 Å². The Morgan fingerprint density at radius 1 is 1.11 bits per heavy atom. The van der Waals surface area contributed by atoms with Crippen molar-refractivity contribution in [1.82, 2.24) is 15.5 Å². The molecule has 37 heavy (non-hydrogen) atoms. The Balaban J connectivity index is 1.42. The van der Waals surface area contributed by atoms with Crippen molar-refractivity contribution < 1.29 is 45.9 Å². The lowest BCUT2D eigenvalue weighted by molar-refractivity contribution is -0.274. The third kappa shape index (κ3) is 5.50. The van der Waals surface area contributed by atoms with E-state index in [1.54, 1.807) is 0 Å². The second-order valence-electron chi connectivity index (χ2n) is 8.34. The monoisotopic (exact) mass is 545 g/mol. The number of piperidine rings is 1. The van der Waals surface area contributed by atoms with E-state index in [1.165, 1.54) is 23.1 Å². The number of fused-ring (bicyclic) bond motifs is 1. The first-order chi connectivity index (χ1) is 17.3. The quantitative estimate of drug-likeness (QED) is 0.428. The molecule has 14 heteroatoms. The molecule has 2 aromatic carbocycles. The van der Waals surface area contributed by atoms with Crippen LogP contribution in [-0.4, -0.2) is 40.9 Å². The number of benzene rings is 2. The minimum Gasteiger partial charge on any atom is -0.404 e. The third-order valence-corrected chi connectivity index (χ3v) is 6.14. The zero-order valence-electron chi connectivity index (χ0n) is 18.6. The molecule has 2 N–H and O–H groups in total. The molecule has 0 bridgehead atoms. The lowest BCUT2D eigenvalue weighted by Gasteiger charge is -2.29. The number of carbonyl (C=O) groups excluding carboxylic acids is 4. The van der Waals surface area contributed by atoms with Crippen LogP contribution < -0.4 is 15.4 Å². The van der Waals surface area contributed by atoms with Crippen molar-refractivity contribution in [3.63, 3.8) is 0 Å². The Labute approximate surface area is 210 Å². The van der Waals surface area contributed by atoms with E-state index in [2.05, 4.69) is 15.4 Å². The van der Waals surface area contributed by atoms with Crippen LogP contribution in [0.1, 0.15) is 39.9 Å². The third-order valence-electron chi connectivity index (χ3n) is 5.85. The van der Waals surface area contributed by atoms with Crippen LogP contribution in [0.2, 0.25) is 5.02 Å². The summed E-state index contributed by atoms with van der Waals surface area (Å²) in [6, 6.07) is 5.28. The summed E-state index contributed by atoms with van der Waals surface area (Å²) >= 11 is 5.61. The Bertz CT molecular complexity index is 1300. The van der Waals surface area contributed by atoms with E-state index in [-0.39, 0.29) is 25.9 Å². The fourth-order valence-corrected chi connectivity index (χ4v) is 4.28. The number of halogens is 6. The van der Waals surface area contributed by atoms with Gasteiger partial charge in [0.1, 0.15) is 11.8 Å². The summed E-state index contributed by atoms with van der Waals surface area (Å²) in [5, 5.41) is 3.48. The maximum Gasteiger partial charge on any atom is 0.573 e. The smallest absolute Gasteiger partial charge is 0.404 e. The molecule has 2 heterocycles. The van der Waals surface area contributed by atoms with Crippen molar-refractivity contribution in [2.45, 2.75) is 44.3 Å². The molecule has 1 atom stereocenters. The summed E-state index contributed by atoms with van der Waals surface area (Å²) in [7, 11) is 0. The van der Waals surface area contributed by atoms with Crippen LogP contribution in [0.25, 0.3) is 0 Å². The Morgan fingerprint density at radius 2 is 1.84 bits per heavy atom. The number of imide groups is 1. The minimum atomic E-state index is -5.08. The molecule has 2 aliphatic rings. The molecule has 4 rings (SSSR count). The summed E-state index contributed by atoms with van der Waals surface area (Å²) in [5.74, 6) is -8.17. The largest absolute Gasteiger partial charge is 0.573 e. The normalized spacial score (nSPS) is 17.9. The fourth-order valence-electron chi connectivity index (χ4n) is 4.07. The van der Waals surface area contributed by atoms with Gasteiger partial charge in [0.25, 0.3) is 11.8 Å². The van der Waals surface area contributed by atoms with E-state index in [4.69, 9.17) is 11.6 Å². The first-order valence-electron chi connectivity index (χ1n) is 10.7. The van der Waals surface area contributed by atoms with Crippen LogP contribution in [0.5, 0.6) is 5.75 Å². The zero-order valence-corrected chi connectivity index (χ0v) is 19.4. The highest BCUT2D eigenvalue weighted by Gasteiger charge is 2.42. The van der Waals surface area contributed by atoms with E-state index < -0.39 is 58.3 Å². The molecule has 2 aromatic rings. The zero-order chi connectivity index (χ0) is 27.1. The van der Waals surface area contributed by atoms with Gasteiger partial charge in [-0.25, -0.2) is 0 Å². The predicted molar refractivity (Wildman–Crippen MR) is 116 cm³/mol. The van der Waals surface area contributed by atoms with Crippen LogP contribution in [0.4, 0.5) is 22.0 Å². The van der Waals surface area contributed by atoms with Gasteiger partial charge in [-0.2, -0.15) is 8.78 Å². The van der Waals surface area contributed by atoms with Crippen molar-refractivity contribution >= 4 is 35.2 Å². The van der Waals surface area contributed by atoms with Gasteiger partial charge in [-0.05, 0) is 41.8 Å². The topological polar surface area (TPSA) is 105 Å². The van der Waals surface area contributed by atoms with E-state index in [0.29, 0.717) is 34.9 Å². The van der Waals surface area contributed by atoms with Gasteiger partial charge in [-0.3, -0.25) is 24.5 Å². The molecule has 196 valence electrons. The lowest BCUT2D eigenvalue weighted by Crippen LogP contribution is -2.52. The number of hydrogen-bond acceptors (Lipinski definition) is 5. The van der Waals surface area contributed by atoms with Gasteiger partial charge in [-0.1, -0.05) is 23.7 Å². The molecule has 1 unspecified atom stereocenters. The summed E-state index contributed by atoms with van der Waals surface area (Å²) < 4.78 is 70.0. The molecule has 4 amide bonds. The number of alkyl halides is 5. The molecule has 0 saturated carbocycles. The lowest BCUT2D eigenvalue weighted by atomic mass is 10.0. The number of rotatable bonds is 6. The number of ether oxygens (including phenoxy) is 1. The highest BCUT2D eigenvalue weighted by atomic mass is 35.5. The van der Waals surface area contributed by atoms with Crippen molar-refractivity contribution in [1.29, 1.82) is 0 Å². The second kappa shape index (κ2) is 9.61. The summed E-state index contributed by atoms with van der Waals surface area (Å²) in [6.07, 6.45) is -4.81. The van der Waals surface area contributed by atoms with Gasteiger partial charge in [-0.15, -0.1) is 13.2 Å². The molecule has 0 spiro atoms. The average Bonchev–Trinajstić information content (AvgIpc) is 3.13. The molecule has 1 fully saturated rings. The second-order valence-corrected chi connectivity index (χ2v) is 8.75. The van der Waals surface area contributed by atoms with Crippen LogP contribution in [-0.2, 0) is 33.4 Å². The van der Waals surface area contributed by atoms with Gasteiger partial charge in [0.15, 0.2) is 0 Å². The van der Waals surface area contributed by atoms with E-state index in [9.17, 15) is 41.1 Å². The molecule has 2 aliphatic heterocycles. The maximum absolute atomic E-state index is 14.6. The number of nitrogens with zero attached hydrogens (tertiary/aromatic N) is 1. The first-order valence-corrected chi connectivity index (χ1v) is 11.1. The van der Waals surface area contributed by atoms with E-state index in [0.717, 1.165) is 0 Å². The molecular formula is C23H17ClF5N3O5. The first kappa shape index (κ1) is 26.3. The summed E-state index contributed by atoms with van der Waals surface area (Å²) in [4.78, 5) is 49.8. The minimum absolute atomic E-state index is 0.0588. The Kier molecular flexibility index (Phi) is 6.84. The van der Waals surface area contributed by atoms with Gasteiger partial charge >= 0.3 is 12.3 Å². The van der Waals surface area contributed by atoms with Crippen molar-refractivity contribution in [3.8, 4) is 5.75 Å². The van der Waals surface area contributed by atoms with Gasteiger partial charge < -0.3 is 15.0 Å². The number of carbonyl (C=O) groups is 4. The van der Waals surface area contributed by atoms with Crippen LogP contribution in [0.15, 0.2) is 36.4 Å².